The minimum Gasteiger partial charge on any atom is -0.481 e. The van der Waals surface area contributed by atoms with Crippen LogP contribution in [0.15, 0.2) is 30.3 Å². The van der Waals surface area contributed by atoms with Crippen molar-refractivity contribution in [2.24, 2.45) is 17.4 Å². The molecule has 4 atom stereocenters. The molecule has 216 valence electrons. The number of carboxylic acids is 1. The molecular weight excluding hydrogens is 508 g/mol. The fourth-order valence-electron chi connectivity index (χ4n) is 3.79. The van der Waals surface area contributed by atoms with Gasteiger partial charge in [0, 0.05) is 13.3 Å². The van der Waals surface area contributed by atoms with Crippen molar-refractivity contribution in [2.75, 3.05) is 6.54 Å². The topological polar surface area (TPSA) is 223 Å². The van der Waals surface area contributed by atoms with E-state index in [1.54, 1.807) is 44.2 Å². The quantitative estimate of drug-likeness (QED) is 0.118. The first-order valence-electron chi connectivity index (χ1n) is 12.8. The van der Waals surface area contributed by atoms with Crippen LogP contribution in [-0.4, -0.2) is 71.3 Å². The molecule has 0 radical (unpaired) electrons. The zero-order valence-electron chi connectivity index (χ0n) is 22.6. The van der Waals surface area contributed by atoms with E-state index in [1.807, 2.05) is 0 Å². The van der Waals surface area contributed by atoms with Crippen molar-refractivity contribution in [3.63, 3.8) is 0 Å². The van der Waals surface area contributed by atoms with Crippen LogP contribution in [0.25, 0.3) is 0 Å². The second-order valence-corrected chi connectivity index (χ2v) is 9.58. The molecule has 13 nitrogen and oxygen atoms in total. The van der Waals surface area contributed by atoms with E-state index in [0.717, 1.165) is 12.5 Å². The van der Waals surface area contributed by atoms with Gasteiger partial charge in [-0.25, -0.2) is 0 Å². The third-order valence-corrected chi connectivity index (χ3v) is 5.84. The first-order chi connectivity index (χ1) is 18.3. The highest BCUT2D eigenvalue weighted by atomic mass is 16.4. The minimum absolute atomic E-state index is 0.0823. The number of hydrogen-bond donors (Lipinski definition) is 7. The normalized spacial score (nSPS) is 13.9. The lowest BCUT2D eigenvalue weighted by Crippen LogP contribution is -2.59. The summed E-state index contributed by atoms with van der Waals surface area (Å²) < 4.78 is 0. The summed E-state index contributed by atoms with van der Waals surface area (Å²) in [4.78, 5) is 73.9. The smallest absolute Gasteiger partial charge is 0.305 e. The molecule has 0 aliphatic rings. The summed E-state index contributed by atoms with van der Waals surface area (Å²) in [6, 6.07) is 4.22. The number of hydrogen-bond acceptors (Lipinski definition) is 7. The van der Waals surface area contributed by atoms with Crippen LogP contribution >= 0.6 is 0 Å². The van der Waals surface area contributed by atoms with Crippen LogP contribution < -0.4 is 32.7 Å². The van der Waals surface area contributed by atoms with Crippen molar-refractivity contribution in [3.05, 3.63) is 35.9 Å². The van der Waals surface area contributed by atoms with E-state index in [0.29, 0.717) is 19.4 Å². The van der Waals surface area contributed by atoms with Crippen molar-refractivity contribution in [2.45, 2.75) is 77.0 Å². The van der Waals surface area contributed by atoms with E-state index < -0.39 is 72.0 Å². The lowest BCUT2D eigenvalue weighted by atomic mass is 10.00. The monoisotopic (exact) mass is 548 g/mol. The number of carboxylic acid groups (broad SMARTS) is 1. The van der Waals surface area contributed by atoms with Gasteiger partial charge in [-0.3, -0.25) is 28.8 Å². The summed E-state index contributed by atoms with van der Waals surface area (Å²) in [5.74, 6) is -5.32. The van der Waals surface area contributed by atoms with Crippen LogP contribution in [-0.2, 0) is 35.2 Å². The number of amides is 5. The maximum absolute atomic E-state index is 13.3. The van der Waals surface area contributed by atoms with Gasteiger partial charge in [0.1, 0.15) is 24.2 Å². The Morgan fingerprint density at radius 3 is 1.92 bits per heavy atom. The Morgan fingerprint density at radius 1 is 0.821 bits per heavy atom. The maximum atomic E-state index is 13.3. The summed E-state index contributed by atoms with van der Waals surface area (Å²) in [6.07, 6.45) is 0.881. The minimum atomic E-state index is -1.40. The molecule has 0 bridgehead atoms. The average molecular weight is 549 g/mol. The second-order valence-electron chi connectivity index (χ2n) is 9.58. The molecule has 9 N–H and O–H groups in total. The van der Waals surface area contributed by atoms with Gasteiger partial charge in [-0.05, 0) is 37.3 Å². The molecule has 13 heteroatoms. The van der Waals surface area contributed by atoms with E-state index in [4.69, 9.17) is 16.6 Å². The van der Waals surface area contributed by atoms with E-state index in [1.165, 1.54) is 0 Å². The Hall–Kier alpha value is -4.00. The van der Waals surface area contributed by atoms with Crippen molar-refractivity contribution < 1.29 is 33.9 Å². The zero-order valence-corrected chi connectivity index (χ0v) is 22.6. The predicted octanol–water partition coefficient (Wildman–Crippen LogP) is -1.07. The maximum Gasteiger partial charge on any atom is 0.305 e. The Morgan fingerprint density at radius 2 is 1.41 bits per heavy atom. The Balaban J connectivity index is 3.14. The van der Waals surface area contributed by atoms with Gasteiger partial charge in [-0.15, -0.1) is 0 Å². The lowest BCUT2D eigenvalue weighted by molar-refractivity contribution is -0.141. The van der Waals surface area contributed by atoms with E-state index in [-0.39, 0.29) is 12.8 Å². The summed E-state index contributed by atoms with van der Waals surface area (Å²) in [5.41, 5.74) is 11.7. The summed E-state index contributed by atoms with van der Waals surface area (Å²) in [6.45, 7) is 4.87. The first-order valence-corrected chi connectivity index (χ1v) is 12.8. The number of unbranched alkanes of at least 4 members (excludes halogenated alkanes) is 1. The molecular formula is C26H40N6O7. The number of carbonyl (C=O) groups excluding carboxylic acids is 5. The average Bonchev–Trinajstić information content (AvgIpc) is 2.85. The van der Waals surface area contributed by atoms with Gasteiger partial charge in [0.15, 0.2) is 0 Å². The molecule has 1 rings (SSSR count). The first kappa shape index (κ1) is 33.0. The Bertz CT molecular complexity index is 986. The summed E-state index contributed by atoms with van der Waals surface area (Å²) in [5, 5.41) is 19.1. The number of aliphatic carboxylic acids is 1. The zero-order chi connectivity index (χ0) is 29.5. The molecule has 39 heavy (non-hydrogen) atoms. The van der Waals surface area contributed by atoms with Crippen molar-refractivity contribution in [1.29, 1.82) is 0 Å². The van der Waals surface area contributed by atoms with Crippen molar-refractivity contribution in [3.8, 4) is 0 Å². The van der Waals surface area contributed by atoms with Gasteiger partial charge in [0.05, 0.1) is 6.42 Å². The van der Waals surface area contributed by atoms with Gasteiger partial charge in [0.25, 0.3) is 0 Å². The molecule has 0 aliphatic carbocycles. The molecule has 0 saturated carbocycles. The number of primary amides is 1. The van der Waals surface area contributed by atoms with Gasteiger partial charge < -0.3 is 37.8 Å². The molecule has 0 unspecified atom stereocenters. The van der Waals surface area contributed by atoms with Gasteiger partial charge in [-0.2, -0.15) is 0 Å². The van der Waals surface area contributed by atoms with Crippen LogP contribution in [0.5, 0.6) is 0 Å². The summed E-state index contributed by atoms with van der Waals surface area (Å²) in [7, 11) is 0. The van der Waals surface area contributed by atoms with Gasteiger partial charge in [0.2, 0.25) is 29.5 Å². The number of carbonyl (C=O) groups is 6. The fourth-order valence-corrected chi connectivity index (χ4v) is 3.79. The van der Waals surface area contributed by atoms with Crippen molar-refractivity contribution in [1.82, 2.24) is 21.3 Å². The highest BCUT2D eigenvalue weighted by Gasteiger charge is 2.33. The van der Waals surface area contributed by atoms with Crippen LogP contribution in [0.2, 0.25) is 0 Å². The molecule has 0 aliphatic heterocycles. The number of nitrogens with two attached hydrogens (primary N) is 2. The Labute approximate surface area is 227 Å². The molecule has 0 spiro atoms. The molecule has 0 heterocycles. The highest BCUT2D eigenvalue weighted by molar-refractivity contribution is 5.96. The van der Waals surface area contributed by atoms with Crippen LogP contribution in [0, 0.1) is 5.92 Å². The predicted molar refractivity (Wildman–Crippen MR) is 143 cm³/mol. The highest BCUT2D eigenvalue weighted by Crippen LogP contribution is 2.09. The summed E-state index contributed by atoms with van der Waals surface area (Å²) >= 11 is 0. The molecule has 0 saturated heterocycles. The van der Waals surface area contributed by atoms with E-state index in [9.17, 15) is 28.8 Å². The van der Waals surface area contributed by atoms with Crippen LogP contribution in [0.3, 0.4) is 0 Å². The van der Waals surface area contributed by atoms with Crippen molar-refractivity contribution >= 4 is 35.5 Å². The number of rotatable bonds is 17. The molecule has 5 amide bonds. The van der Waals surface area contributed by atoms with Gasteiger partial charge >= 0.3 is 5.97 Å². The number of nitrogens with one attached hydrogen (secondary N) is 4. The largest absolute Gasteiger partial charge is 0.481 e. The third kappa shape index (κ3) is 12.4. The van der Waals surface area contributed by atoms with Crippen LogP contribution in [0.4, 0.5) is 0 Å². The fraction of sp³-hybridized carbons (Fsp3) is 0.538. The van der Waals surface area contributed by atoms with Crippen LogP contribution in [0.1, 0.15) is 52.0 Å². The SMILES string of the molecule is CC(=O)N[C@@H](CC(=O)O)C(=O)N[C@H](C(=O)N[C@@H](Cc1ccccc1)C(=O)N[C@@H](CCCCN)C(N)=O)C(C)C. The van der Waals surface area contributed by atoms with E-state index >= 15 is 0 Å². The number of benzene rings is 1. The third-order valence-electron chi connectivity index (χ3n) is 5.84. The molecule has 0 aromatic heterocycles. The van der Waals surface area contributed by atoms with Gasteiger partial charge in [-0.1, -0.05) is 44.2 Å². The second kappa shape index (κ2) is 16.8. The molecule has 0 fully saturated rings. The molecule has 1 aromatic rings. The standard InChI is InChI=1S/C26H40N6O7/c1-15(2)22(32-25(38)20(14-21(34)35)29-16(3)33)26(39)31-19(13-17-9-5-4-6-10-17)24(37)30-18(23(28)36)11-7-8-12-27/h4-6,9-10,15,18-20,22H,7-8,11-14,27H2,1-3H3,(H2,28,36)(H,29,33)(H,30,37)(H,31,39)(H,32,38)(H,34,35)/t18-,19-,20-,22-/m0/s1. The Kier molecular flexibility index (Phi) is 14.2. The molecule has 1 aromatic carbocycles. The lowest BCUT2D eigenvalue weighted by Gasteiger charge is -2.27. The van der Waals surface area contributed by atoms with E-state index in [2.05, 4.69) is 21.3 Å².